The van der Waals surface area contributed by atoms with Gasteiger partial charge < -0.3 is 9.47 Å². The van der Waals surface area contributed by atoms with Gasteiger partial charge in [0.2, 0.25) is 0 Å². The zero-order chi connectivity index (χ0) is 18.8. The van der Waals surface area contributed by atoms with Gasteiger partial charge in [0.1, 0.15) is 12.1 Å². The second-order valence-electron chi connectivity index (χ2n) is 6.48. The van der Waals surface area contributed by atoms with Crippen LogP contribution in [0.3, 0.4) is 0 Å². The van der Waals surface area contributed by atoms with Crippen LogP contribution in [0, 0.1) is 0 Å². The first kappa shape index (κ1) is 20.7. The molecule has 0 aromatic rings. The molecule has 0 amide bonds. The number of hydrogen-bond donors (Lipinski definition) is 0. The fourth-order valence-corrected chi connectivity index (χ4v) is 3.65. The van der Waals surface area contributed by atoms with Gasteiger partial charge in [0, 0.05) is 19.1 Å². The summed E-state index contributed by atoms with van der Waals surface area (Å²) in [6.45, 7) is 3.33. The SMILES string of the molecule is CCN1CCOC(CC(C)N2CCOC[C@@H]2C(F)(F)F)[C@H]1C(F)(F)F. The number of ether oxygens (including phenoxy) is 2. The molecule has 2 fully saturated rings. The molecule has 0 spiro atoms. The zero-order valence-electron chi connectivity index (χ0n) is 14.2. The van der Waals surface area contributed by atoms with Crippen LogP contribution in [-0.2, 0) is 9.47 Å². The van der Waals surface area contributed by atoms with Gasteiger partial charge in [-0.3, -0.25) is 9.80 Å². The Morgan fingerprint density at radius 3 is 2.28 bits per heavy atom. The first-order valence-corrected chi connectivity index (χ1v) is 8.38. The lowest BCUT2D eigenvalue weighted by molar-refractivity contribution is -0.242. The van der Waals surface area contributed by atoms with Crippen molar-refractivity contribution in [2.45, 2.75) is 56.9 Å². The number of likely N-dealkylation sites (N-methyl/N-ethyl adjacent to an activating group) is 1. The highest BCUT2D eigenvalue weighted by Crippen LogP contribution is 2.35. The quantitative estimate of drug-likeness (QED) is 0.703. The van der Waals surface area contributed by atoms with Gasteiger partial charge in [-0.05, 0) is 19.9 Å². The third kappa shape index (κ3) is 4.99. The minimum atomic E-state index is -4.49. The maximum Gasteiger partial charge on any atom is 0.406 e. The Bertz CT molecular complexity index is 431. The van der Waals surface area contributed by atoms with Crippen molar-refractivity contribution in [2.24, 2.45) is 0 Å². The van der Waals surface area contributed by atoms with E-state index in [2.05, 4.69) is 0 Å². The molecule has 0 radical (unpaired) electrons. The van der Waals surface area contributed by atoms with E-state index in [9.17, 15) is 26.3 Å². The molecule has 0 bridgehead atoms. The van der Waals surface area contributed by atoms with Gasteiger partial charge in [0.05, 0.1) is 25.9 Å². The maximum absolute atomic E-state index is 13.5. The highest BCUT2D eigenvalue weighted by Gasteiger charge is 2.52. The molecule has 25 heavy (non-hydrogen) atoms. The number of morpholine rings is 2. The summed E-state index contributed by atoms with van der Waals surface area (Å²) < 4.78 is 90.1. The highest BCUT2D eigenvalue weighted by atomic mass is 19.4. The van der Waals surface area contributed by atoms with Crippen molar-refractivity contribution in [3.05, 3.63) is 0 Å². The Labute approximate surface area is 143 Å². The molecular formula is C15H24F6N2O2. The van der Waals surface area contributed by atoms with Crippen LogP contribution in [0.5, 0.6) is 0 Å². The smallest absolute Gasteiger partial charge is 0.378 e. The molecule has 10 heteroatoms. The Hall–Kier alpha value is -0.580. The van der Waals surface area contributed by atoms with Gasteiger partial charge in [0.15, 0.2) is 0 Å². The zero-order valence-corrected chi connectivity index (χ0v) is 14.2. The summed E-state index contributed by atoms with van der Waals surface area (Å²) in [7, 11) is 0. The van der Waals surface area contributed by atoms with Crippen LogP contribution in [0.4, 0.5) is 26.3 Å². The molecule has 2 rings (SSSR count). The van der Waals surface area contributed by atoms with E-state index in [4.69, 9.17) is 9.47 Å². The second-order valence-corrected chi connectivity index (χ2v) is 6.48. The first-order valence-electron chi connectivity index (χ1n) is 8.38. The van der Waals surface area contributed by atoms with E-state index < -0.39 is 43.2 Å². The van der Waals surface area contributed by atoms with Crippen molar-refractivity contribution >= 4 is 0 Å². The van der Waals surface area contributed by atoms with E-state index in [0.717, 1.165) is 0 Å². The fraction of sp³-hybridized carbons (Fsp3) is 1.00. The molecule has 0 aromatic carbocycles. The molecule has 0 saturated carbocycles. The maximum atomic E-state index is 13.5. The topological polar surface area (TPSA) is 24.9 Å². The van der Waals surface area contributed by atoms with Crippen LogP contribution < -0.4 is 0 Å². The van der Waals surface area contributed by atoms with E-state index in [-0.39, 0.29) is 39.3 Å². The minimum Gasteiger partial charge on any atom is -0.378 e. The van der Waals surface area contributed by atoms with E-state index in [0.29, 0.717) is 0 Å². The van der Waals surface area contributed by atoms with Crippen LogP contribution in [0.25, 0.3) is 0 Å². The number of alkyl halides is 6. The lowest BCUT2D eigenvalue weighted by Crippen LogP contribution is -2.61. The molecule has 2 saturated heterocycles. The number of rotatable bonds is 4. The highest BCUT2D eigenvalue weighted by molar-refractivity contribution is 4.93. The van der Waals surface area contributed by atoms with Crippen molar-refractivity contribution < 1.29 is 35.8 Å². The number of halogens is 6. The number of hydrogen-bond acceptors (Lipinski definition) is 4. The average molecular weight is 378 g/mol. The minimum absolute atomic E-state index is 0.0340. The predicted octanol–water partition coefficient (Wildman–Crippen LogP) is 2.68. The summed E-state index contributed by atoms with van der Waals surface area (Å²) in [5.41, 5.74) is 0. The van der Waals surface area contributed by atoms with Crippen LogP contribution >= 0.6 is 0 Å². The van der Waals surface area contributed by atoms with E-state index in [1.54, 1.807) is 6.92 Å². The van der Waals surface area contributed by atoms with Crippen LogP contribution in [-0.4, -0.2) is 85.8 Å². The summed E-state index contributed by atoms with van der Waals surface area (Å²) in [5, 5.41) is 0. The molecule has 2 unspecified atom stereocenters. The van der Waals surface area contributed by atoms with Crippen molar-refractivity contribution in [3.8, 4) is 0 Å². The van der Waals surface area contributed by atoms with Crippen molar-refractivity contribution in [1.82, 2.24) is 9.80 Å². The average Bonchev–Trinajstić information content (AvgIpc) is 2.52. The summed E-state index contributed by atoms with van der Waals surface area (Å²) in [6, 6.07) is -4.30. The molecule has 4 nitrogen and oxygen atoms in total. The summed E-state index contributed by atoms with van der Waals surface area (Å²) in [6.07, 6.45) is -10.3. The third-order valence-corrected chi connectivity index (χ3v) is 4.88. The molecule has 0 aliphatic carbocycles. The summed E-state index contributed by atoms with van der Waals surface area (Å²) in [5.74, 6) is 0. The monoisotopic (exact) mass is 378 g/mol. The van der Waals surface area contributed by atoms with Crippen LogP contribution in [0.2, 0.25) is 0 Å². The third-order valence-electron chi connectivity index (χ3n) is 4.88. The van der Waals surface area contributed by atoms with Gasteiger partial charge in [-0.2, -0.15) is 26.3 Å². The Kier molecular flexibility index (Phi) is 6.61. The Morgan fingerprint density at radius 1 is 1.04 bits per heavy atom. The molecular weight excluding hydrogens is 354 g/mol. The van der Waals surface area contributed by atoms with Crippen molar-refractivity contribution in [1.29, 1.82) is 0 Å². The lowest BCUT2D eigenvalue weighted by Gasteiger charge is -2.45. The van der Waals surface area contributed by atoms with Crippen LogP contribution in [0.1, 0.15) is 20.3 Å². The number of nitrogens with zero attached hydrogens (tertiary/aromatic N) is 2. The fourth-order valence-electron chi connectivity index (χ4n) is 3.65. The molecule has 2 aliphatic heterocycles. The standard InChI is InChI=1S/C15H24F6N2O2/c1-3-22-4-7-25-11(13(22)15(19,20)21)8-10(2)23-5-6-24-9-12(23)14(16,17)18/h10-13H,3-9H2,1-2H3/t10?,11?,12-,13+/m1/s1. The van der Waals surface area contributed by atoms with Gasteiger partial charge in [-0.25, -0.2) is 0 Å². The van der Waals surface area contributed by atoms with Gasteiger partial charge in [0.25, 0.3) is 0 Å². The van der Waals surface area contributed by atoms with Gasteiger partial charge in [-0.1, -0.05) is 6.92 Å². The Morgan fingerprint density at radius 2 is 1.72 bits per heavy atom. The van der Waals surface area contributed by atoms with Gasteiger partial charge >= 0.3 is 12.4 Å². The summed E-state index contributed by atoms with van der Waals surface area (Å²) >= 11 is 0. The molecule has 2 aliphatic rings. The Balaban J connectivity index is 2.12. The lowest BCUT2D eigenvalue weighted by atomic mass is 9.97. The second kappa shape index (κ2) is 7.98. The van der Waals surface area contributed by atoms with E-state index >= 15 is 0 Å². The molecule has 4 atom stereocenters. The molecule has 148 valence electrons. The normalized spacial score (nSPS) is 31.9. The summed E-state index contributed by atoms with van der Waals surface area (Å²) in [4.78, 5) is 2.46. The van der Waals surface area contributed by atoms with Crippen LogP contribution in [0.15, 0.2) is 0 Å². The van der Waals surface area contributed by atoms with Crippen molar-refractivity contribution in [3.63, 3.8) is 0 Å². The molecule has 2 heterocycles. The van der Waals surface area contributed by atoms with Crippen molar-refractivity contribution in [2.75, 3.05) is 39.5 Å². The predicted molar refractivity (Wildman–Crippen MR) is 78.3 cm³/mol. The van der Waals surface area contributed by atoms with E-state index in [1.807, 2.05) is 0 Å². The molecule has 0 N–H and O–H groups in total. The van der Waals surface area contributed by atoms with Gasteiger partial charge in [-0.15, -0.1) is 0 Å². The first-order chi connectivity index (χ1) is 11.6. The van der Waals surface area contributed by atoms with E-state index in [1.165, 1.54) is 16.7 Å². The molecule has 0 aromatic heterocycles. The largest absolute Gasteiger partial charge is 0.406 e.